The Morgan fingerprint density at radius 2 is 2.26 bits per heavy atom. The van der Waals surface area contributed by atoms with Crippen LogP contribution in [0, 0.1) is 11.7 Å². The van der Waals surface area contributed by atoms with Crippen LogP contribution < -0.4 is 10.2 Å². The van der Waals surface area contributed by atoms with Crippen molar-refractivity contribution in [3.8, 4) is 0 Å². The van der Waals surface area contributed by atoms with Crippen LogP contribution in [-0.2, 0) is 6.54 Å². The minimum absolute atomic E-state index is 0.234. The lowest BCUT2D eigenvalue weighted by Crippen LogP contribution is -2.26. The van der Waals surface area contributed by atoms with Crippen LogP contribution in [0.25, 0.3) is 0 Å². The predicted molar refractivity (Wildman–Crippen MR) is 78.8 cm³/mol. The number of nitrogens with one attached hydrogen (secondary N) is 1. The zero-order valence-corrected chi connectivity index (χ0v) is 12.1. The molecule has 1 N–H and O–H groups in total. The van der Waals surface area contributed by atoms with Gasteiger partial charge in [0.1, 0.15) is 0 Å². The SMILES string of the molecule is C=CCN(CC)c1nccc(CNCC(C)C)c1F. The number of aromatic nitrogens is 1. The third-order valence-corrected chi connectivity index (χ3v) is 2.85. The number of likely N-dealkylation sites (N-methyl/N-ethyl adjacent to an activating group) is 1. The summed E-state index contributed by atoms with van der Waals surface area (Å²) < 4.78 is 14.4. The first kappa shape index (κ1) is 15.6. The molecule has 19 heavy (non-hydrogen) atoms. The molecule has 0 saturated heterocycles. The van der Waals surface area contributed by atoms with Crippen LogP contribution in [0.4, 0.5) is 10.2 Å². The predicted octanol–water partition coefficient (Wildman–Crippen LogP) is 2.98. The van der Waals surface area contributed by atoms with E-state index in [9.17, 15) is 4.39 Å². The third-order valence-electron chi connectivity index (χ3n) is 2.85. The molecule has 0 spiro atoms. The number of anilines is 1. The molecular formula is C15H24FN3. The molecule has 0 aliphatic rings. The zero-order valence-electron chi connectivity index (χ0n) is 12.1. The summed E-state index contributed by atoms with van der Waals surface area (Å²) in [6.45, 7) is 12.6. The Hall–Kier alpha value is -1.42. The maximum absolute atomic E-state index is 14.4. The first-order chi connectivity index (χ1) is 9.10. The van der Waals surface area contributed by atoms with Gasteiger partial charge in [0.2, 0.25) is 0 Å². The maximum atomic E-state index is 14.4. The van der Waals surface area contributed by atoms with Crippen molar-refractivity contribution in [2.45, 2.75) is 27.3 Å². The van der Waals surface area contributed by atoms with Crippen LogP contribution in [0.5, 0.6) is 0 Å². The summed E-state index contributed by atoms with van der Waals surface area (Å²) in [5.41, 5.74) is 0.660. The van der Waals surface area contributed by atoms with Crippen molar-refractivity contribution in [3.63, 3.8) is 0 Å². The standard InChI is InChI=1S/C15H24FN3/c1-5-9-19(6-2)15-14(16)13(7-8-18-15)11-17-10-12(3)4/h5,7-8,12,17H,1,6,9-11H2,2-4H3. The lowest BCUT2D eigenvalue weighted by atomic mass is 10.2. The van der Waals surface area contributed by atoms with Crippen LogP contribution in [0.1, 0.15) is 26.3 Å². The first-order valence-corrected chi connectivity index (χ1v) is 6.80. The Morgan fingerprint density at radius 1 is 1.53 bits per heavy atom. The lowest BCUT2D eigenvalue weighted by Gasteiger charge is -2.21. The molecule has 3 nitrogen and oxygen atoms in total. The molecule has 1 aromatic heterocycles. The number of rotatable bonds is 8. The van der Waals surface area contributed by atoms with E-state index in [1.807, 2.05) is 11.8 Å². The van der Waals surface area contributed by atoms with Gasteiger partial charge < -0.3 is 10.2 Å². The van der Waals surface area contributed by atoms with Gasteiger partial charge in [0.25, 0.3) is 0 Å². The molecule has 0 aliphatic heterocycles. The highest BCUT2D eigenvalue weighted by molar-refractivity contribution is 5.43. The van der Waals surface area contributed by atoms with Crippen molar-refractivity contribution in [1.82, 2.24) is 10.3 Å². The summed E-state index contributed by atoms with van der Waals surface area (Å²) in [4.78, 5) is 6.02. The Balaban J connectivity index is 2.81. The van der Waals surface area contributed by atoms with Crippen LogP contribution in [0.2, 0.25) is 0 Å². The molecule has 0 aromatic carbocycles. The van der Waals surface area contributed by atoms with Crippen LogP contribution in [-0.4, -0.2) is 24.6 Å². The molecule has 1 aromatic rings. The minimum atomic E-state index is -0.234. The number of halogens is 1. The molecule has 0 saturated carbocycles. The molecule has 0 unspecified atom stereocenters. The molecule has 0 radical (unpaired) electrons. The Kier molecular flexibility index (Phi) is 6.50. The van der Waals surface area contributed by atoms with E-state index < -0.39 is 0 Å². The van der Waals surface area contributed by atoms with E-state index in [1.165, 1.54) is 0 Å². The van der Waals surface area contributed by atoms with E-state index in [0.717, 1.165) is 6.54 Å². The summed E-state index contributed by atoms with van der Waals surface area (Å²) in [5, 5.41) is 3.25. The van der Waals surface area contributed by atoms with Gasteiger partial charge >= 0.3 is 0 Å². The summed E-state index contributed by atoms with van der Waals surface area (Å²) in [6.07, 6.45) is 3.42. The fraction of sp³-hybridized carbons (Fsp3) is 0.533. The number of hydrogen-bond acceptors (Lipinski definition) is 3. The molecule has 0 amide bonds. The van der Waals surface area contributed by atoms with Gasteiger partial charge in [0.15, 0.2) is 11.6 Å². The monoisotopic (exact) mass is 265 g/mol. The highest BCUT2D eigenvalue weighted by Gasteiger charge is 2.14. The Morgan fingerprint density at radius 3 is 2.84 bits per heavy atom. The number of pyridine rings is 1. The summed E-state index contributed by atoms with van der Waals surface area (Å²) in [7, 11) is 0. The van der Waals surface area contributed by atoms with Crippen LogP contribution in [0.3, 0.4) is 0 Å². The van der Waals surface area contributed by atoms with Gasteiger partial charge in [0.05, 0.1) is 0 Å². The smallest absolute Gasteiger partial charge is 0.170 e. The van der Waals surface area contributed by atoms with E-state index in [1.54, 1.807) is 18.3 Å². The summed E-state index contributed by atoms with van der Waals surface area (Å²) in [5.74, 6) is 0.728. The third kappa shape index (κ3) is 4.63. The van der Waals surface area contributed by atoms with Crippen molar-refractivity contribution in [2.75, 3.05) is 24.5 Å². The average Bonchev–Trinajstić information content (AvgIpc) is 2.38. The molecule has 0 bridgehead atoms. The fourth-order valence-corrected chi connectivity index (χ4v) is 1.84. The molecule has 106 valence electrons. The van der Waals surface area contributed by atoms with Gasteiger partial charge in [-0.05, 0) is 25.5 Å². The maximum Gasteiger partial charge on any atom is 0.170 e. The molecule has 1 heterocycles. The van der Waals surface area contributed by atoms with Gasteiger partial charge in [0, 0.05) is 31.4 Å². The second-order valence-electron chi connectivity index (χ2n) is 4.96. The van der Waals surface area contributed by atoms with Crippen LogP contribution in [0.15, 0.2) is 24.9 Å². The zero-order chi connectivity index (χ0) is 14.3. The quantitative estimate of drug-likeness (QED) is 0.732. The first-order valence-electron chi connectivity index (χ1n) is 6.80. The van der Waals surface area contributed by atoms with Gasteiger partial charge in [-0.1, -0.05) is 19.9 Å². The van der Waals surface area contributed by atoms with Crippen molar-refractivity contribution < 1.29 is 4.39 Å². The van der Waals surface area contributed by atoms with Gasteiger partial charge in [-0.25, -0.2) is 9.37 Å². The van der Waals surface area contributed by atoms with E-state index in [0.29, 0.717) is 36.9 Å². The fourth-order valence-electron chi connectivity index (χ4n) is 1.84. The Labute approximate surface area is 115 Å². The summed E-state index contributed by atoms with van der Waals surface area (Å²) >= 11 is 0. The van der Waals surface area contributed by atoms with Crippen LogP contribution >= 0.6 is 0 Å². The van der Waals surface area contributed by atoms with Crippen molar-refractivity contribution >= 4 is 5.82 Å². The van der Waals surface area contributed by atoms with Gasteiger partial charge in [-0.3, -0.25) is 0 Å². The molecule has 0 aliphatic carbocycles. The molecule has 0 atom stereocenters. The second kappa shape index (κ2) is 7.89. The van der Waals surface area contributed by atoms with Crippen molar-refractivity contribution in [1.29, 1.82) is 0 Å². The number of hydrogen-bond donors (Lipinski definition) is 1. The van der Waals surface area contributed by atoms with E-state index >= 15 is 0 Å². The van der Waals surface area contributed by atoms with E-state index in [-0.39, 0.29) is 5.82 Å². The molecular weight excluding hydrogens is 241 g/mol. The largest absolute Gasteiger partial charge is 0.351 e. The summed E-state index contributed by atoms with van der Waals surface area (Å²) in [6, 6.07) is 1.73. The molecule has 1 rings (SSSR count). The highest BCUT2D eigenvalue weighted by Crippen LogP contribution is 2.19. The topological polar surface area (TPSA) is 28.2 Å². The van der Waals surface area contributed by atoms with Gasteiger partial charge in [-0.2, -0.15) is 0 Å². The Bertz CT molecular complexity index is 404. The second-order valence-corrected chi connectivity index (χ2v) is 4.96. The molecule has 0 fully saturated rings. The average molecular weight is 265 g/mol. The minimum Gasteiger partial charge on any atom is -0.351 e. The highest BCUT2D eigenvalue weighted by atomic mass is 19.1. The normalized spacial score (nSPS) is 10.8. The molecule has 4 heteroatoms. The van der Waals surface area contributed by atoms with E-state index in [2.05, 4.69) is 30.7 Å². The lowest BCUT2D eigenvalue weighted by molar-refractivity contribution is 0.532. The van der Waals surface area contributed by atoms with E-state index in [4.69, 9.17) is 0 Å². The van der Waals surface area contributed by atoms with Gasteiger partial charge in [-0.15, -0.1) is 6.58 Å². The number of nitrogens with zero attached hydrogens (tertiary/aromatic N) is 2. The van der Waals surface area contributed by atoms with Crippen molar-refractivity contribution in [3.05, 3.63) is 36.3 Å². The van der Waals surface area contributed by atoms with Crippen molar-refractivity contribution in [2.24, 2.45) is 5.92 Å².